The Kier molecular flexibility index (Phi) is 15.6. The SMILES string of the molecule is CC/C=C\C[C@H](O)C/C=C/C=C/C/C(O)=C/C=C/C=C/[C@@H](O)CCC(=O)O. The van der Waals surface area contributed by atoms with Crippen molar-refractivity contribution in [3.8, 4) is 0 Å². The molecular formula is C22H32O5. The van der Waals surface area contributed by atoms with Gasteiger partial charge in [-0.2, -0.15) is 0 Å². The van der Waals surface area contributed by atoms with Crippen molar-refractivity contribution in [1.82, 2.24) is 0 Å². The maximum absolute atomic E-state index is 10.4. The number of allylic oxidation sites excluding steroid dienone is 8. The van der Waals surface area contributed by atoms with Crippen molar-refractivity contribution in [2.24, 2.45) is 0 Å². The van der Waals surface area contributed by atoms with E-state index in [1.54, 1.807) is 24.3 Å². The first kappa shape index (κ1) is 24.6. The lowest BCUT2D eigenvalue weighted by molar-refractivity contribution is -0.137. The fraction of sp³-hybridized carbons (Fsp3) is 0.409. The van der Waals surface area contributed by atoms with Gasteiger partial charge in [-0.05, 0) is 31.8 Å². The lowest BCUT2D eigenvalue weighted by Gasteiger charge is -2.02. The third-order valence-electron chi connectivity index (χ3n) is 3.43. The van der Waals surface area contributed by atoms with E-state index in [0.29, 0.717) is 19.3 Å². The van der Waals surface area contributed by atoms with E-state index < -0.39 is 12.1 Å². The van der Waals surface area contributed by atoms with Crippen molar-refractivity contribution in [3.63, 3.8) is 0 Å². The zero-order chi connectivity index (χ0) is 20.3. The van der Waals surface area contributed by atoms with Crippen LogP contribution >= 0.6 is 0 Å². The Bertz CT molecular complexity index is 567. The largest absolute Gasteiger partial charge is 0.512 e. The molecule has 0 aliphatic rings. The summed E-state index contributed by atoms with van der Waals surface area (Å²) in [5.41, 5.74) is 0. The first-order valence-electron chi connectivity index (χ1n) is 9.23. The Balaban J connectivity index is 4.03. The highest BCUT2D eigenvalue weighted by Gasteiger charge is 2.02. The van der Waals surface area contributed by atoms with E-state index in [-0.39, 0.29) is 24.7 Å². The van der Waals surface area contributed by atoms with Crippen LogP contribution in [0.2, 0.25) is 0 Å². The van der Waals surface area contributed by atoms with Crippen LogP contribution in [-0.2, 0) is 4.79 Å². The van der Waals surface area contributed by atoms with Crippen molar-refractivity contribution in [2.45, 2.75) is 57.7 Å². The standard InChI is InChI=1S/C22H32O5/c1-2-3-7-12-19(23)13-8-4-5-9-14-20(24)15-10-6-11-16-21(25)17-18-22(26)27/h3-11,15-16,19,21,23-25H,2,12-14,17-18H2,1H3,(H,26,27)/b7-3-,8-4+,9-5+,10-6+,16-11+,20-15-/t19-,21+/m0/s1. The van der Waals surface area contributed by atoms with Gasteiger partial charge in [-0.3, -0.25) is 4.79 Å². The van der Waals surface area contributed by atoms with E-state index in [4.69, 9.17) is 5.11 Å². The molecule has 0 spiro atoms. The molecule has 0 saturated heterocycles. The molecule has 0 radical (unpaired) electrons. The fourth-order valence-corrected chi connectivity index (χ4v) is 1.96. The van der Waals surface area contributed by atoms with Crippen molar-refractivity contribution in [2.75, 3.05) is 0 Å². The Hall–Kier alpha value is -2.37. The number of carboxylic acids is 1. The summed E-state index contributed by atoms with van der Waals surface area (Å²) in [5.74, 6) is -0.741. The summed E-state index contributed by atoms with van der Waals surface area (Å²) < 4.78 is 0. The number of aliphatic carboxylic acids is 1. The topological polar surface area (TPSA) is 98.0 Å². The zero-order valence-corrected chi connectivity index (χ0v) is 15.9. The van der Waals surface area contributed by atoms with E-state index in [0.717, 1.165) is 6.42 Å². The maximum Gasteiger partial charge on any atom is 0.303 e. The molecule has 0 aliphatic heterocycles. The predicted molar refractivity (Wildman–Crippen MR) is 109 cm³/mol. The first-order chi connectivity index (χ1) is 13.0. The fourth-order valence-electron chi connectivity index (χ4n) is 1.96. The summed E-state index contributed by atoms with van der Waals surface area (Å²) in [7, 11) is 0. The molecule has 0 aliphatic carbocycles. The Morgan fingerprint density at radius 1 is 0.889 bits per heavy atom. The van der Waals surface area contributed by atoms with Crippen molar-refractivity contribution in [3.05, 3.63) is 72.6 Å². The van der Waals surface area contributed by atoms with Crippen LogP contribution in [0, 0.1) is 0 Å². The van der Waals surface area contributed by atoms with Gasteiger partial charge in [0.2, 0.25) is 0 Å². The van der Waals surface area contributed by atoms with Crippen molar-refractivity contribution in [1.29, 1.82) is 0 Å². The van der Waals surface area contributed by atoms with Crippen LogP contribution in [0.15, 0.2) is 72.6 Å². The summed E-state index contributed by atoms with van der Waals surface area (Å²) in [4.78, 5) is 10.4. The quantitative estimate of drug-likeness (QED) is 0.205. The molecule has 0 amide bonds. The van der Waals surface area contributed by atoms with Gasteiger partial charge in [-0.25, -0.2) is 0 Å². The molecule has 0 rings (SSSR count). The van der Waals surface area contributed by atoms with Crippen LogP contribution in [0.5, 0.6) is 0 Å². The van der Waals surface area contributed by atoms with E-state index in [1.165, 1.54) is 6.08 Å². The second kappa shape index (κ2) is 17.1. The molecule has 0 aromatic rings. The number of aliphatic hydroxyl groups is 3. The summed E-state index contributed by atoms with van der Waals surface area (Å²) in [6, 6.07) is 0. The number of rotatable bonds is 14. The van der Waals surface area contributed by atoms with Gasteiger partial charge in [0.1, 0.15) is 0 Å². The zero-order valence-electron chi connectivity index (χ0n) is 15.9. The smallest absolute Gasteiger partial charge is 0.303 e. The number of hydrogen-bond acceptors (Lipinski definition) is 4. The number of carboxylic acid groups (broad SMARTS) is 1. The highest BCUT2D eigenvalue weighted by molar-refractivity contribution is 5.66. The average Bonchev–Trinajstić information content (AvgIpc) is 2.62. The third-order valence-corrected chi connectivity index (χ3v) is 3.43. The third kappa shape index (κ3) is 18.2. The van der Waals surface area contributed by atoms with E-state index >= 15 is 0 Å². The van der Waals surface area contributed by atoms with Crippen LogP contribution < -0.4 is 0 Å². The molecule has 150 valence electrons. The number of aliphatic hydroxyl groups excluding tert-OH is 3. The van der Waals surface area contributed by atoms with Crippen LogP contribution in [0.1, 0.15) is 45.4 Å². The number of hydrogen-bond donors (Lipinski definition) is 4. The minimum Gasteiger partial charge on any atom is -0.512 e. The van der Waals surface area contributed by atoms with Gasteiger partial charge in [0.15, 0.2) is 0 Å². The summed E-state index contributed by atoms with van der Waals surface area (Å²) in [5, 5.41) is 37.4. The highest BCUT2D eigenvalue weighted by Crippen LogP contribution is 2.03. The van der Waals surface area contributed by atoms with Gasteiger partial charge >= 0.3 is 5.97 Å². The molecule has 0 aromatic heterocycles. The molecule has 0 saturated carbocycles. The lowest BCUT2D eigenvalue weighted by atomic mass is 10.1. The van der Waals surface area contributed by atoms with Crippen LogP contribution in [-0.4, -0.2) is 38.6 Å². The van der Waals surface area contributed by atoms with E-state index in [2.05, 4.69) is 6.92 Å². The summed E-state index contributed by atoms with van der Waals surface area (Å²) in [6.45, 7) is 2.06. The highest BCUT2D eigenvalue weighted by atomic mass is 16.4. The molecule has 0 bridgehead atoms. The molecule has 5 nitrogen and oxygen atoms in total. The monoisotopic (exact) mass is 376 g/mol. The second-order valence-electron chi connectivity index (χ2n) is 5.99. The van der Waals surface area contributed by atoms with E-state index in [1.807, 2.05) is 36.5 Å². The average molecular weight is 376 g/mol. The molecule has 2 atom stereocenters. The van der Waals surface area contributed by atoms with Crippen LogP contribution in [0.25, 0.3) is 0 Å². The molecule has 0 fully saturated rings. The minimum atomic E-state index is -0.936. The van der Waals surface area contributed by atoms with Gasteiger partial charge in [0.25, 0.3) is 0 Å². The molecule has 27 heavy (non-hydrogen) atoms. The Labute approximate surface area is 162 Å². The molecule has 4 N–H and O–H groups in total. The second-order valence-corrected chi connectivity index (χ2v) is 5.99. The van der Waals surface area contributed by atoms with Crippen LogP contribution in [0.4, 0.5) is 0 Å². The van der Waals surface area contributed by atoms with Crippen molar-refractivity contribution >= 4 is 5.97 Å². The van der Waals surface area contributed by atoms with Gasteiger partial charge in [-0.15, -0.1) is 0 Å². The summed E-state index contributed by atoms with van der Waals surface area (Å²) >= 11 is 0. The first-order valence-corrected chi connectivity index (χ1v) is 9.23. The lowest BCUT2D eigenvalue weighted by Crippen LogP contribution is -2.05. The Morgan fingerprint density at radius 3 is 2.30 bits per heavy atom. The molecule has 0 heterocycles. The van der Waals surface area contributed by atoms with Gasteiger partial charge in [-0.1, -0.05) is 67.7 Å². The van der Waals surface area contributed by atoms with E-state index in [9.17, 15) is 20.1 Å². The van der Waals surface area contributed by atoms with Gasteiger partial charge in [0.05, 0.1) is 18.0 Å². The minimum absolute atomic E-state index is 0.0778. The molecule has 5 heteroatoms. The normalized spacial score (nSPS) is 15.7. The van der Waals surface area contributed by atoms with Crippen molar-refractivity contribution < 1.29 is 25.2 Å². The molecule has 0 unspecified atom stereocenters. The maximum atomic E-state index is 10.4. The van der Waals surface area contributed by atoms with Gasteiger partial charge < -0.3 is 20.4 Å². The summed E-state index contributed by atoms with van der Waals surface area (Å²) in [6.07, 6.45) is 20.9. The molecule has 0 aromatic carbocycles. The Morgan fingerprint density at radius 2 is 1.59 bits per heavy atom. The number of carbonyl (C=O) groups is 1. The predicted octanol–water partition coefficient (Wildman–Crippen LogP) is 4.38. The molecular weight excluding hydrogens is 344 g/mol. The van der Waals surface area contributed by atoms with Crippen LogP contribution in [0.3, 0.4) is 0 Å². The van der Waals surface area contributed by atoms with Gasteiger partial charge in [0, 0.05) is 12.8 Å².